The number of carbonyl (C=O) groups is 1. The van der Waals surface area contributed by atoms with E-state index in [-0.39, 0.29) is 5.91 Å². The molecule has 3 aromatic heterocycles. The van der Waals surface area contributed by atoms with Gasteiger partial charge >= 0.3 is 0 Å². The van der Waals surface area contributed by atoms with Gasteiger partial charge in [-0.2, -0.15) is 5.10 Å². The summed E-state index contributed by atoms with van der Waals surface area (Å²) in [7, 11) is 0. The molecule has 118 valence electrons. The maximum Gasteiger partial charge on any atom is 0.259 e. The summed E-state index contributed by atoms with van der Waals surface area (Å²) in [6, 6.07) is 11.4. The van der Waals surface area contributed by atoms with Gasteiger partial charge in [-0.25, -0.2) is 4.98 Å². The molecule has 0 aliphatic heterocycles. The highest BCUT2D eigenvalue weighted by Gasteiger charge is 2.19. The van der Waals surface area contributed by atoms with Crippen molar-refractivity contribution in [3.63, 3.8) is 0 Å². The first-order valence-corrected chi connectivity index (χ1v) is 7.35. The zero-order chi connectivity index (χ0) is 16.5. The van der Waals surface area contributed by atoms with Crippen molar-refractivity contribution in [2.75, 3.05) is 5.32 Å². The fourth-order valence-corrected chi connectivity index (χ4v) is 2.55. The first-order valence-electron chi connectivity index (χ1n) is 7.35. The summed E-state index contributed by atoms with van der Waals surface area (Å²) < 4.78 is 5.28. The van der Waals surface area contributed by atoms with Crippen molar-refractivity contribution in [3.8, 4) is 11.3 Å². The fraction of sp³-hybridized carbons (Fsp3) is 0.0588. The second-order valence-electron chi connectivity index (χ2n) is 5.31. The normalized spacial score (nSPS) is 10.9. The molecule has 7 nitrogen and oxygen atoms in total. The van der Waals surface area contributed by atoms with Crippen LogP contribution in [0.4, 0.5) is 5.69 Å². The molecule has 4 aromatic rings. The molecule has 2 N–H and O–H groups in total. The molecule has 1 aromatic carbocycles. The monoisotopic (exact) mass is 319 g/mol. The molecule has 0 atom stereocenters. The van der Waals surface area contributed by atoms with Gasteiger partial charge in [0.2, 0.25) is 0 Å². The third-order valence-electron chi connectivity index (χ3n) is 3.69. The van der Waals surface area contributed by atoms with E-state index in [1.165, 1.54) is 6.20 Å². The highest BCUT2D eigenvalue weighted by molar-refractivity contribution is 6.12. The molecule has 0 radical (unpaired) electrons. The highest BCUT2D eigenvalue weighted by atomic mass is 16.5. The highest BCUT2D eigenvalue weighted by Crippen LogP contribution is 2.27. The Morgan fingerprint density at radius 3 is 2.83 bits per heavy atom. The van der Waals surface area contributed by atoms with Crippen LogP contribution >= 0.6 is 0 Å². The van der Waals surface area contributed by atoms with Gasteiger partial charge in [-0.15, -0.1) is 0 Å². The Morgan fingerprint density at radius 1 is 1.25 bits per heavy atom. The number of aryl methyl sites for hydroxylation is 1. The molecule has 1 amide bonds. The molecule has 0 fully saturated rings. The zero-order valence-electron chi connectivity index (χ0n) is 12.8. The largest absolute Gasteiger partial charge is 0.335 e. The number of pyridine rings is 1. The van der Waals surface area contributed by atoms with Crippen molar-refractivity contribution in [1.82, 2.24) is 20.3 Å². The van der Waals surface area contributed by atoms with E-state index in [0.717, 1.165) is 5.56 Å². The molecule has 0 bridgehead atoms. The Kier molecular flexibility index (Phi) is 3.31. The van der Waals surface area contributed by atoms with Gasteiger partial charge < -0.3 is 9.84 Å². The number of fused-ring (bicyclic) bond motifs is 1. The fourth-order valence-electron chi connectivity index (χ4n) is 2.55. The smallest absolute Gasteiger partial charge is 0.259 e. The van der Waals surface area contributed by atoms with E-state index in [4.69, 9.17) is 4.52 Å². The first-order chi connectivity index (χ1) is 11.7. The van der Waals surface area contributed by atoms with Crippen LogP contribution in [0.1, 0.15) is 16.1 Å². The second kappa shape index (κ2) is 5.62. The lowest BCUT2D eigenvalue weighted by Crippen LogP contribution is -2.12. The molecule has 0 saturated carbocycles. The summed E-state index contributed by atoms with van der Waals surface area (Å²) >= 11 is 0. The van der Waals surface area contributed by atoms with Crippen molar-refractivity contribution in [2.24, 2.45) is 0 Å². The van der Waals surface area contributed by atoms with Crippen LogP contribution < -0.4 is 5.32 Å². The SMILES string of the molecule is Cc1noc2nc(-c3ccccc3)cc(C(=O)Nc3cn[nH]c3)c12. The van der Waals surface area contributed by atoms with Crippen LogP contribution in [0.3, 0.4) is 0 Å². The first kappa shape index (κ1) is 14.1. The van der Waals surface area contributed by atoms with E-state index in [0.29, 0.717) is 33.7 Å². The summed E-state index contributed by atoms with van der Waals surface area (Å²) in [6.45, 7) is 1.78. The van der Waals surface area contributed by atoms with Crippen LogP contribution in [-0.2, 0) is 0 Å². The standard InChI is InChI=1S/C17H13N5O2/c1-10-15-13(16(23)20-12-8-18-19-9-12)7-14(21-17(15)24-22-10)11-5-3-2-4-6-11/h2-9H,1H3,(H,18,19)(H,20,23). The van der Waals surface area contributed by atoms with Gasteiger partial charge in [0.1, 0.15) is 0 Å². The summed E-state index contributed by atoms with van der Waals surface area (Å²) in [5.41, 5.74) is 3.54. The van der Waals surface area contributed by atoms with Gasteiger partial charge in [0.25, 0.3) is 11.6 Å². The summed E-state index contributed by atoms with van der Waals surface area (Å²) in [4.78, 5) is 17.2. The molecule has 0 aliphatic rings. The second-order valence-corrected chi connectivity index (χ2v) is 5.31. The lowest BCUT2D eigenvalue weighted by molar-refractivity contribution is 0.102. The number of hydrogen-bond donors (Lipinski definition) is 2. The summed E-state index contributed by atoms with van der Waals surface area (Å²) in [5, 5.41) is 13.8. The van der Waals surface area contributed by atoms with E-state index in [1.807, 2.05) is 30.3 Å². The minimum absolute atomic E-state index is 0.271. The van der Waals surface area contributed by atoms with Gasteiger partial charge in [-0.05, 0) is 13.0 Å². The number of carbonyl (C=O) groups excluding carboxylic acids is 1. The van der Waals surface area contributed by atoms with Crippen molar-refractivity contribution < 1.29 is 9.32 Å². The molecule has 0 aliphatic carbocycles. The summed E-state index contributed by atoms with van der Waals surface area (Å²) in [5.74, 6) is -0.271. The molecular weight excluding hydrogens is 306 g/mol. The zero-order valence-corrected chi connectivity index (χ0v) is 12.8. The topological polar surface area (TPSA) is 96.7 Å². The average Bonchev–Trinajstić information content (AvgIpc) is 3.25. The van der Waals surface area contributed by atoms with Gasteiger partial charge in [-0.3, -0.25) is 9.89 Å². The van der Waals surface area contributed by atoms with Crippen molar-refractivity contribution in [2.45, 2.75) is 6.92 Å². The number of aromatic nitrogens is 4. The lowest BCUT2D eigenvalue weighted by atomic mass is 10.1. The minimum Gasteiger partial charge on any atom is -0.335 e. The van der Waals surface area contributed by atoms with E-state index < -0.39 is 0 Å². The summed E-state index contributed by atoms with van der Waals surface area (Å²) in [6.07, 6.45) is 3.14. The molecule has 4 rings (SSSR count). The molecule has 7 heteroatoms. The Balaban J connectivity index is 1.86. The number of aromatic amines is 1. The van der Waals surface area contributed by atoms with Crippen LogP contribution in [0.5, 0.6) is 0 Å². The molecule has 24 heavy (non-hydrogen) atoms. The van der Waals surface area contributed by atoms with Crippen LogP contribution in [-0.4, -0.2) is 26.2 Å². The Hall–Kier alpha value is -3.48. The van der Waals surface area contributed by atoms with Crippen LogP contribution in [0, 0.1) is 6.92 Å². The van der Waals surface area contributed by atoms with Gasteiger partial charge in [0.05, 0.1) is 34.2 Å². The van der Waals surface area contributed by atoms with Crippen LogP contribution in [0.15, 0.2) is 53.3 Å². The number of hydrogen-bond acceptors (Lipinski definition) is 5. The number of benzene rings is 1. The van der Waals surface area contributed by atoms with Crippen molar-refractivity contribution in [1.29, 1.82) is 0 Å². The van der Waals surface area contributed by atoms with Crippen LogP contribution in [0.2, 0.25) is 0 Å². The predicted molar refractivity (Wildman–Crippen MR) is 88.5 cm³/mol. The van der Waals surface area contributed by atoms with E-state index in [9.17, 15) is 4.79 Å². The van der Waals surface area contributed by atoms with Gasteiger partial charge in [0.15, 0.2) is 0 Å². The third kappa shape index (κ3) is 2.41. The van der Waals surface area contributed by atoms with E-state index in [1.54, 1.807) is 19.2 Å². The maximum absolute atomic E-state index is 12.7. The van der Waals surface area contributed by atoms with Crippen molar-refractivity contribution >= 4 is 22.7 Å². The third-order valence-corrected chi connectivity index (χ3v) is 3.69. The lowest BCUT2D eigenvalue weighted by Gasteiger charge is -2.07. The molecule has 0 unspecified atom stereocenters. The quantitative estimate of drug-likeness (QED) is 0.604. The molecule has 0 saturated heterocycles. The van der Waals surface area contributed by atoms with Gasteiger partial charge in [-0.1, -0.05) is 35.5 Å². The molecule has 3 heterocycles. The average molecular weight is 319 g/mol. The van der Waals surface area contributed by atoms with Gasteiger partial charge in [0, 0.05) is 11.8 Å². The number of H-pyrrole nitrogens is 1. The number of rotatable bonds is 3. The molecular formula is C17H13N5O2. The number of nitrogens with zero attached hydrogens (tertiary/aromatic N) is 3. The Morgan fingerprint density at radius 2 is 2.08 bits per heavy atom. The Labute approximate surface area is 136 Å². The van der Waals surface area contributed by atoms with E-state index in [2.05, 4.69) is 25.7 Å². The Bertz CT molecular complexity index is 1010. The molecule has 0 spiro atoms. The van der Waals surface area contributed by atoms with Crippen LogP contribution in [0.25, 0.3) is 22.4 Å². The number of anilines is 1. The predicted octanol–water partition coefficient (Wildman–Crippen LogP) is 3.17. The van der Waals surface area contributed by atoms with E-state index >= 15 is 0 Å². The number of nitrogens with one attached hydrogen (secondary N) is 2. The maximum atomic E-state index is 12.7. The number of amides is 1. The van der Waals surface area contributed by atoms with Crippen molar-refractivity contribution in [3.05, 3.63) is 60.0 Å². The minimum atomic E-state index is -0.271.